The maximum atomic E-state index is 6.03. The number of halogens is 1. The number of aromatic nitrogens is 2. The maximum absolute atomic E-state index is 6.03. The molecule has 0 radical (unpaired) electrons. The zero-order valence-corrected chi connectivity index (χ0v) is 12.3. The smallest absolute Gasteiger partial charge is 0.148 e. The van der Waals surface area contributed by atoms with E-state index in [9.17, 15) is 0 Å². The van der Waals surface area contributed by atoms with E-state index >= 15 is 0 Å². The van der Waals surface area contributed by atoms with Crippen molar-refractivity contribution in [2.75, 3.05) is 7.05 Å². The first-order valence-corrected chi connectivity index (χ1v) is 7.12. The van der Waals surface area contributed by atoms with E-state index < -0.39 is 0 Å². The third-order valence-electron chi connectivity index (χ3n) is 2.93. The van der Waals surface area contributed by atoms with Crippen LogP contribution in [0, 0.1) is 6.92 Å². The van der Waals surface area contributed by atoms with Crippen LogP contribution in [0.1, 0.15) is 30.0 Å². The van der Waals surface area contributed by atoms with Gasteiger partial charge in [0.2, 0.25) is 0 Å². The molecule has 0 bridgehead atoms. The van der Waals surface area contributed by atoms with Crippen molar-refractivity contribution < 1.29 is 0 Å². The molecule has 5 heteroatoms. The Morgan fingerprint density at radius 2 is 2.17 bits per heavy atom. The van der Waals surface area contributed by atoms with E-state index in [2.05, 4.69) is 29.4 Å². The Bertz CT molecular complexity index is 535. The van der Waals surface area contributed by atoms with Gasteiger partial charge in [0.1, 0.15) is 10.0 Å². The summed E-state index contributed by atoms with van der Waals surface area (Å²) in [5.74, 6) is 0. The van der Waals surface area contributed by atoms with Crippen molar-refractivity contribution in [3.05, 3.63) is 33.8 Å². The highest BCUT2D eigenvalue weighted by Crippen LogP contribution is 2.31. The largest absolute Gasteiger partial charge is 0.311 e. The van der Waals surface area contributed by atoms with Crippen LogP contribution in [0.25, 0.3) is 10.6 Å². The molecule has 1 aromatic heterocycles. The second-order valence-electron chi connectivity index (χ2n) is 4.15. The molecule has 2 aromatic rings. The molecule has 0 saturated heterocycles. The average molecular weight is 282 g/mol. The van der Waals surface area contributed by atoms with Crippen molar-refractivity contribution in [3.63, 3.8) is 0 Å². The monoisotopic (exact) mass is 281 g/mol. The number of nitrogens with one attached hydrogen (secondary N) is 1. The fraction of sp³-hybridized carbons (Fsp3) is 0.385. The summed E-state index contributed by atoms with van der Waals surface area (Å²) in [4.78, 5) is 0. The lowest BCUT2D eigenvalue weighted by atomic mass is 10.1. The zero-order valence-electron chi connectivity index (χ0n) is 10.7. The van der Waals surface area contributed by atoms with Crippen molar-refractivity contribution >= 4 is 22.9 Å². The van der Waals surface area contributed by atoms with Gasteiger partial charge in [-0.25, -0.2) is 0 Å². The van der Waals surface area contributed by atoms with Crippen molar-refractivity contribution in [2.45, 2.75) is 26.3 Å². The molecule has 96 valence electrons. The predicted octanol–water partition coefficient (Wildman–Crippen LogP) is 3.84. The van der Waals surface area contributed by atoms with E-state index in [1.54, 1.807) is 11.3 Å². The summed E-state index contributed by atoms with van der Waals surface area (Å²) in [6.07, 6.45) is 1.000. The molecule has 1 atom stereocenters. The fourth-order valence-electron chi connectivity index (χ4n) is 1.81. The lowest BCUT2D eigenvalue weighted by molar-refractivity contribution is 0.568. The number of nitrogens with zero attached hydrogens (tertiary/aromatic N) is 2. The fourth-order valence-corrected chi connectivity index (χ4v) is 3.10. The Morgan fingerprint density at radius 1 is 1.39 bits per heavy atom. The van der Waals surface area contributed by atoms with E-state index in [0.29, 0.717) is 0 Å². The molecule has 0 aliphatic rings. The Morgan fingerprint density at radius 3 is 2.83 bits per heavy atom. The van der Waals surface area contributed by atoms with Crippen molar-refractivity contribution in [3.8, 4) is 10.6 Å². The molecule has 0 spiro atoms. The second kappa shape index (κ2) is 5.78. The molecule has 0 fully saturated rings. The van der Waals surface area contributed by atoms with Gasteiger partial charge in [0.25, 0.3) is 0 Å². The number of rotatable bonds is 4. The summed E-state index contributed by atoms with van der Waals surface area (Å²) in [6.45, 7) is 4.19. The van der Waals surface area contributed by atoms with E-state index in [1.807, 2.05) is 25.2 Å². The van der Waals surface area contributed by atoms with Crippen molar-refractivity contribution in [1.82, 2.24) is 15.5 Å². The molecule has 1 unspecified atom stereocenters. The van der Waals surface area contributed by atoms with Crippen molar-refractivity contribution in [2.24, 2.45) is 0 Å². The first kappa shape index (κ1) is 13.5. The van der Waals surface area contributed by atoms with Crippen molar-refractivity contribution in [1.29, 1.82) is 0 Å². The predicted molar refractivity (Wildman–Crippen MR) is 77.2 cm³/mol. The summed E-state index contributed by atoms with van der Waals surface area (Å²) in [6, 6.07) is 6.12. The van der Waals surface area contributed by atoms with Gasteiger partial charge in [0.15, 0.2) is 0 Å². The van der Waals surface area contributed by atoms with Gasteiger partial charge in [-0.05, 0) is 38.1 Å². The zero-order chi connectivity index (χ0) is 13.1. The average Bonchev–Trinajstić information content (AvgIpc) is 2.83. The quantitative estimate of drug-likeness (QED) is 0.925. The topological polar surface area (TPSA) is 37.8 Å². The number of aryl methyl sites for hydroxylation is 1. The minimum atomic E-state index is 0.274. The maximum Gasteiger partial charge on any atom is 0.148 e. The van der Waals surface area contributed by atoms with Gasteiger partial charge in [0.05, 0.1) is 6.04 Å². The van der Waals surface area contributed by atoms with Gasteiger partial charge in [-0.3, -0.25) is 0 Å². The van der Waals surface area contributed by atoms with Crippen LogP contribution in [0.15, 0.2) is 18.2 Å². The Balaban J connectivity index is 2.37. The molecule has 1 N–H and O–H groups in total. The van der Waals surface area contributed by atoms with Crippen LogP contribution in [-0.2, 0) is 0 Å². The molecule has 0 amide bonds. The Hall–Kier alpha value is -0.970. The van der Waals surface area contributed by atoms with E-state index in [4.69, 9.17) is 11.6 Å². The third-order valence-corrected chi connectivity index (χ3v) is 4.23. The summed E-state index contributed by atoms with van der Waals surface area (Å²) in [5, 5.41) is 14.5. The van der Waals surface area contributed by atoms with Crippen LogP contribution in [0.5, 0.6) is 0 Å². The normalized spacial score (nSPS) is 12.7. The van der Waals surface area contributed by atoms with Crippen LogP contribution in [0.2, 0.25) is 5.02 Å². The van der Waals surface area contributed by atoms with Crippen LogP contribution in [0.4, 0.5) is 0 Å². The molecule has 0 aliphatic carbocycles. The minimum Gasteiger partial charge on any atom is -0.311 e. The lowest BCUT2D eigenvalue weighted by Gasteiger charge is -2.08. The van der Waals surface area contributed by atoms with Crippen LogP contribution in [0.3, 0.4) is 0 Å². The van der Waals surface area contributed by atoms with Crippen LogP contribution in [-0.4, -0.2) is 17.2 Å². The second-order valence-corrected chi connectivity index (χ2v) is 5.60. The van der Waals surface area contributed by atoms with Gasteiger partial charge in [-0.2, -0.15) is 0 Å². The molecule has 18 heavy (non-hydrogen) atoms. The molecular formula is C13H16ClN3S. The Labute approximate surface area is 116 Å². The first-order chi connectivity index (χ1) is 8.65. The molecule has 2 rings (SSSR count). The van der Waals surface area contributed by atoms with Crippen LogP contribution >= 0.6 is 22.9 Å². The van der Waals surface area contributed by atoms with E-state index in [-0.39, 0.29) is 6.04 Å². The number of hydrogen-bond donors (Lipinski definition) is 1. The highest BCUT2D eigenvalue weighted by Gasteiger charge is 2.15. The Kier molecular flexibility index (Phi) is 4.32. The number of benzene rings is 1. The summed E-state index contributed by atoms with van der Waals surface area (Å²) in [7, 11) is 1.94. The number of hydrogen-bond acceptors (Lipinski definition) is 4. The molecule has 3 nitrogen and oxygen atoms in total. The van der Waals surface area contributed by atoms with Crippen LogP contribution < -0.4 is 5.32 Å². The molecular weight excluding hydrogens is 266 g/mol. The van der Waals surface area contributed by atoms with Gasteiger partial charge in [0, 0.05) is 10.6 Å². The van der Waals surface area contributed by atoms with Gasteiger partial charge < -0.3 is 5.32 Å². The first-order valence-electron chi connectivity index (χ1n) is 5.93. The summed E-state index contributed by atoms with van der Waals surface area (Å²) >= 11 is 7.66. The molecule has 0 saturated carbocycles. The highest BCUT2D eigenvalue weighted by molar-refractivity contribution is 7.14. The van der Waals surface area contributed by atoms with Gasteiger partial charge >= 0.3 is 0 Å². The standard InChI is InChI=1S/C13H16ClN3S/c1-4-11(15-3)13-17-16-12(18-13)10-7-9(14)6-5-8(10)2/h5-7,11,15H,4H2,1-3H3. The molecule has 0 aliphatic heterocycles. The van der Waals surface area contributed by atoms with E-state index in [0.717, 1.165) is 27.0 Å². The SMILES string of the molecule is CCC(NC)c1nnc(-c2cc(Cl)ccc2C)s1. The molecule has 1 heterocycles. The third kappa shape index (κ3) is 2.71. The van der Waals surface area contributed by atoms with Gasteiger partial charge in [-0.1, -0.05) is 35.9 Å². The molecule has 1 aromatic carbocycles. The summed E-state index contributed by atoms with van der Waals surface area (Å²) in [5.41, 5.74) is 2.23. The van der Waals surface area contributed by atoms with Gasteiger partial charge in [-0.15, -0.1) is 10.2 Å². The minimum absolute atomic E-state index is 0.274. The van der Waals surface area contributed by atoms with E-state index in [1.165, 1.54) is 5.56 Å². The highest BCUT2D eigenvalue weighted by atomic mass is 35.5. The summed E-state index contributed by atoms with van der Waals surface area (Å²) < 4.78 is 0. The lowest BCUT2D eigenvalue weighted by Crippen LogP contribution is -2.14.